The predicted molar refractivity (Wildman–Crippen MR) is 60.3 cm³/mol. The Hall–Kier alpha value is -0.0800. The first-order valence-corrected chi connectivity index (χ1v) is 6.37. The van der Waals surface area contributed by atoms with Crippen molar-refractivity contribution in [1.82, 2.24) is 4.90 Å². The second kappa shape index (κ2) is 5.13. The average molecular weight is 196 g/mol. The molecule has 1 saturated carbocycles. The van der Waals surface area contributed by atoms with Crippen molar-refractivity contribution in [2.45, 2.75) is 63.5 Å². The van der Waals surface area contributed by atoms with E-state index >= 15 is 0 Å². The molecule has 2 aliphatic rings. The molecule has 1 aliphatic carbocycles. The Balaban J connectivity index is 1.82. The van der Waals surface area contributed by atoms with Crippen LogP contribution in [0.3, 0.4) is 0 Å². The first kappa shape index (κ1) is 10.4. The summed E-state index contributed by atoms with van der Waals surface area (Å²) in [4.78, 5) is 2.79. The molecule has 82 valence electrons. The zero-order valence-electron chi connectivity index (χ0n) is 9.25. The minimum Gasteiger partial charge on any atom is -0.330 e. The Kier molecular flexibility index (Phi) is 3.82. The molecule has 0 amide bonds. The van der Waals surface area contributed by atoms with Gasteiger partial charge in [-0.05, 0) is 51.6 Å². The van der Waals surface area contributed by atoms with Gasteiger partial charge in [0.1, 0.15) is 0 Å². The summed E-state index contributed by atoms with van der Waals surface area (Å²) in [5.41, 5.74) is 5.59. The molecule has 2 rings (SSSR count). The van der Waals surface area contributed by atoms with Crippen LogP contribution in [-0.2, 0) is 0 Å². The first-order valence-electron chi connectivity index (χ1n) is 6.37. The Morgan fingerprint density at radius 1 is 1.07 bits per heavy atom. The molecule has 0 radical (unpaired) electrons. The van der Waals surface area contributed by atoms with Crippen LogP contribution in [0.4, 0.5) is 0 Å². The molecule has 1 aliphatic heterocycles. The third-order valence-electron chi connectivity index (χ3n) is 3.96. The molecule has 1 atom stereocenters. The van der Waals surface area contributed by atoms with Gasteiger partial charge >= 0.3 is 0 Å². The second-order valence-corrected chi connectivity index (χ2v) is 4.90. The predicted octanol–water partition coefficient (Wildman–Crippen LogP) is 2.13. The average Bonchev–Trinajstić information content (AvgIpc) is 2.84. The lowest BCUT2D eigenvalue weighted by molar-refractivity contribution is 0.173. The van der Waals surface area contributed by atoms with Crippen LogP contribution in [0.5, 0.6) is 0 Å². The van der Waals surface area contributed by atoms with E-state index in [-0.39, 0.29) is 0 Å². The molecule has 0 aromatic heterocycles. The van der Waals surface area contributed by atoms with E-state index < -0.39 is 0 Å². The van der Waals surface area contributed by atoms with Crippen molar-refractivity contribution in [2.24, 2.45) is 5.73 Å². The van der Waals surface area contributed by atoms with Gasteiger partial charge in [0.05, 0.1) is 0 Å². The van der Waals surface area contributed by atoms with Crippen molar-refractivity contribution in [2.75, 3.05) is 13.1 Å². The van der Waals surface area contributed by atoms with Crippen molar-refractivity contribution in [3.8, 4) is 0 Å². The van der Waals surface area contributed by atoms with Gasteiger partial charge in [0.15, 0.2) is 0 Å². The zero-order chi connectivity index (χ0) is 9.80. The summed E-state index contributed by atoms with van der Waals surface area (Å²) in [6, 6.07) is 1.81. The maximum Gasteiger partial charge on any atom is 0.00991 e. The summed E-state index contributed by atoms with van der Waals surface area (Å²) in [5, 5.41) is 0. The Bertz CT molecular complexity index is 164. The molecule has 2 heteroatoms. The van der Waals surface area contributed by atoms with E-state index in [1.807, 2.05) is 0 Å². The Morgan fingerprint density at radius 3 is 2.57 bits per heavy atom. The lowest BCUT2D eigenvalue weighted by Crippen LogP contribution is -2.37. The molecule has 2 N–H and O–H groups in total. The molecule has 0 spiro atoms. The van der Waals surface area contributed by atoms with Crippen LogP contribution in [0, 0.1) is 0 Å². The molecule has 14 heavy (non-hydrogen) atoms. The summed E-state index contributed by atoms with van der Waals surface area (Å²) in [7, 11) is 0. The highest BCUT2D eigenvalue weighted by Gasteiger charge is 2.31. The van der Waals surface area contributed by atoms with Crippen LogP contribution in [0.1, 0.15) is 51.4 Å². The monoisotopic (exact) mass is 196 g/mol. The number of hydrogen-bond donors (Lipinski definition) is 1. The number of nitrogens with zero attached hydrogens (tertiary/aromatic N) is 1. The maximum atomic E-state index is 5.59. The smallest absolute Gasteiger partial charge is 0.00991 e. The molecule has 2 nitrogen and oxygen atoms in total. The molecule has 1 heterocycles. The van der Waals surface area contributed by atoms with Crippen LogP contribution in [0.25, 0.3) is 0 Å². The topological polar surface area (TPSA) is 29.3 Å². The van der Waals surface area contributed by atoms with Crippen LogP contribution < -0.4 is 5.73 Å². The zero-order valence-corrected chi connectivity index (χ0v) is 9.25. The van der Waals surface area contributed by atoms with Gasteiger partial charge in [-0.2, -0.15) is 0 Å². The minimum atomic E-state index is 0.870. The molecule has 0 aromatic rings. The summed E-state index contributed by atoms with van der Waals surface area (Å²) in [5.74, 6) is 0. The van der Waals surface area contributed by atoms with Gasteiger partial charge < -0.3 is 5.73 Å². The number of nitrogens with two attached hydrogens (primary N) is 1. The number of likely N-dealkylation sites (tertiary alicyclic amines) is 1. The highest BCUT2D eigenvalue weighted by Crippen LogP contribution is 2.31. The normalized spacial score (nSPS) is 30.2. The molecule has 0 aromatic carbocycles. The first-order chi connectivity index (χ1) is 6.92. The molecular weight excluding hydrogens is 172 g/mol. The Labute approximate surface area is 87.8 Å². The summed E-state index contributed by atoms with van der Waals surface area (Å²) in [6.45, 7) is 2.23. The summed E-state index contributed by atoms with van der Waals surface area (Å²) >= 11 is 0. The van der Waals surface area contributed by atoms with E-state index in [2.05, 4.69) is 4.90 Å². The highest BCUT2D eigenvalue weighted by molar-refractivity contribution is 4.87. The second-order valence-electron chi connectivity index (χ2n) is 4.90. The van der Waals surface area contributed by atoms with Crippen molar-refractivity contribution in [3.63, 3.8) is 0 Å². The number of rotatable bonds is 4. The van der Waals surface area contributed by atoms with Crippen molar-refractivity contribution in [1.29, 1.82) is 0 Å². The minimum absolute atomic E-state index is 0.870. The lowest BCUT2D eigenvalue weighted by atomic mass is 10.1. The largest absolute Gasteiger partial charge is 0.330 e. The molecular formula is C12H24N2. The standard InChI is InChI=1S/C12H24N2/c13-9-3-7-12-8-4-10-14(12)11-5-1-2-6-11/h11-12H,1-10,13H2. The van der Waals surface area contributed by atoms with E-state index in [0.29, 0.717) is 0 Å². The van der Waals surface area contributed by atoms with E-state index in [1.54, 1.807) is 0 Å². The van der Waals surface area contributed by atoms with Gasteiger partial charge in [-0.1, -0.05) is 12.8 Å². The lowest BCUT2D eigenvalue weighted by Gasteiger charge is -2.30. The summed E-state index contributed by atoms with van der Waals surface area (Å²) < 4.78 is 0. The summed E-state index contributed by atoms with van der Waals surface area (Å²) in [6.07, 6.45) is 11.2. The molecule has 2 fully saturated rings. The van der Waals surface area contributed by atoms with Gasteiger partial charge in [0.2, 0.25) is 0 Å². The molecule has 1 unspecified atom stereocenters. The van der Waals surface area contributed by atoms with Gasteiger partial charge in [-0.15, -0.1) is 0 Å². The van der Waals surface area contributed by atoms with E-state index in [4.69, 9.17) is 5.73 Å². The van der Waals surface area contributed by atoms with Gasteiger partial charge in [0.25, 0.3) is 0 Å². The van der Waals surface area contributed by atoms with E-state index in [0.717, 1.165) is 18.6 Å². The fourth-order valence-electron chi connectivity index (χ4n) is 3.24. The van der Waals surface area contributed by atoms with Gasteiger partial charge in [-0.3, -0.25) is 4.90 Å². The van der Waals surface area contributed by atoms with Crippen molar-refractivity contribution in [3.05, 3.63) is 0 Å². The van der Waals surface area contributed by atoms with Gasteiger partial charge in [-0.25, -0.2) is 0 Å². The third-order valence-corrected chi connectivity index (χ3v) is 3.96. The van der Waals surface area contributed by atoms with E-state index in [9.17, 15) is 0 Å². The van der Waals surface area contributed by atoms with Crippen molar-refractivity contribution >= 4 is 0 Å². The van der Waals surface area contributed by atoms with Crippen LogP contribution in [-0.4, -0.2) is 30.1 Å². The van der Waals surface area contributed by atoms with Gasteiger partial charge in [0, 0.05) is 12.1 Å². The van der Waals surface area contributed by atoms with Crippen molar-refractivity contribution < 1.29 is 0 Å². The van der Waals surface area contributed by atoms with E-state index in [1.165, 1.54) is 57.9 Å². The molecule has 0 bridgehead atoms. The van der Waals surface area contributed by atoms with Crippen LogP contribution in [0.2, 0.25) is 0 Å². The molecule has 1 saturated heterocycles. The third kappa shape index (κ3) is 2.29. The highest BCUT2D eigenvalue weighted by atomic mass is 15.2. The van der Waals surface area contributed by atoms with Crippen LogP contribution in [0.15, 0.2) is 0 Å². The number of hydrogen-bond acceptors (Lipinski definition) is 2. The maximum absolute atomic E-state index is 5.59. The van der Waals surface area contributed by atoms with Crippen LogP contribution >= 0.6 is 0 Å². The fraction of sp³-hybridized carbons (Fsp3) is 1.00. The quantitative estimate of drug-likeness (QED) is 0.746. The SMILES string of the molecule is NCCCC1CCCN1C1CCCC1. The Morgan fingerprint density at radius 2 is 1.86 bits per heavy atom. The fourth-order valence-corrected chi connectivity index (χ4v) is 3.24.